The number of fused-ring (bicyclic) bond motifs is 9. The summed E-state index contributed by atoms with van der Waals surface area (Å²) in [6, 6.07) is 77.8. The minimum atomic E-state index is -0.497. The van der Waals surface area contributed by atoms with Gasteiger partial charge in [-0.05, 0) is 104 Å². The lowest BCUT2D eigenvalue weighted by atomic mass is 9.97. The third-order valence-corrected chi connectivity index (χ3v) is 12.9. The fraction of sp³-hybridized carbons (Fsp3) is 0.0169. The second-order valence-corrected chi connectivity index (χ2v) is 16.6. The molecule has 13 rings (SSSR count). The summed E-state index contributed by atoms with van der Waals surface area (Å²) in [4.78, 5) is 9.40. The number of nitrogens with zero attached hydrogens (tertiary/aromatic N) is 2. The van der Waals surface area contributed by atoms with Crippen LogP contribution in [0.1, 0.15) is 22.9 Å². The molecule has 1 unspecified atom stereocenters. The van der Waals surface area contributed by atoms with Crippen molar-refractivity contribution in [3.63, 3.8) is 0 Å². The van der Waals surface area contributed by atoms with Gasteiger partial charge in [0.15, 0.2) is 0 Å². The number of furan rings is 1. The Kier molecular flexibility index (Phi) is 8.21. The van der Waals surface area contributed by atoms with Crippen molar-refractivity contribution in [3.05, 3.63) is 235 Å². The van der Waals surface area contributed by atoms with Crippen LogP contribution in [0.25, 0.3) is 93.2 Å². The summed E-state index contributed by atoms with van der Waals surface area (Å²) in [5.74, 6) is 1.64. The minimum Gasteiger partial charge on any atom is -0.455 e. The first-order valence-corrected chi connectivity index (χ1v) is 21.8. The Labute approximate surface area is 368 Å². The fourth-order valence-corrected chi connectivity index (χ4v) is 9.87. The highest BCUT2D eigenvalue weighted by Crippen LogP contribution is 2.44. The molecule has 10 aromatic carbocycles. The van der Waals surface area contributed by atoms with E-state index in [1.807, 2.05) is 0 Å². The van der Waals surface area contributed by atoms with Crippen molar-refractivity contribution in [2.24, 2.45) is 4.99 Å². The maximum absolute atomic E-state index is 7.16. The van der Waals surface area contributed by atoms with E-state index in [4.69, 9.17) is 9.41 Å². The second-order valence-electron chi connectivity index (χ2n) is 16.6. The molecule has 64 heavy (non-hydrogen) atoms. The van der Waals surface area contributed by atoms with Crippen LogP contribution in [0.15, 0.2) is 228 Å². The molecule has 0 radical (unpaired) electrons. The molecule has 2 N–H and O–H groups in total. The number of aliphatic imine (C=N–C) groups is 1. The van der Waals surface area contributed by atoms with Gasteiger partial charge in [-0.2, -0.15) is 4.99 Å². The maximum Gasteiger partial charge on any atom is 0.283 e. The van der Waals surface area contributed by atoms with Crippen LogP contribution in [0.2, 0.25) is 0 Å². The molecule has 3 heterocycles. The number of para-hydroxylation sites is 1. The SMILES string of the molecule is c1ccc(-c2cccc(C3=NC(c4cc5ccccc5c5c4oc4cccc(-n6c7ccccc7c7cc8ccccc8cc76)c45)[NH+]=C(c4cccc(-c5ccccc5)c4)N3)c2)cc1. The highest BCUT2D eigenvalue weighted by molar-refractivity contribution is 6.24. The van der Waals surface area contributed by atoms with E-state index in [0.29, 0.717) is 0 Å². The Morgan fingerprint density at radius 3 is 1.80 bits per heavy atom. The molecule has 0 saturated carbocycles. The van der Waals surface area contributed by atoms with Crippen LogP contribution < -0.4 is 10.3 Å². The number of hydrogen-bond acceptors (Lipinski definition) is 3. The van der Waals surface area contributed by atoms with Crippen molar-refractivity contribution >= 4 is 77.0 Å². The lowest BCUT2D eigenvalue weighted by Crippen LogP contribution is -2.80. The second kappa shape index (κ2) is 14.5. The number of nitrogens with one attached hydrogen (secondary N) is 2. The fourth-order valence-electron chi connectivity index (χ4n) is 9.87. The van der Waals surface area contributed by atoms with Gasteiger partial charge < -0.3 is 8.98 Å². The van der Waals surface area contributed by atoms with Gasteiger partial charge in [-0.15, -0.1) is 0 Å². The summed E-state index contributed by atoms with van der Waals surface area (Å²) in [7, 11) is 0. The highest BCUT2D eigenvalue weighted by atomic mass is 16.3. The van der Waals surface area contributed by atoms with Crippen LogP contribution in [0.4, 0.5) is 0 Å². The van der Waals surface area contributed by atoms with E-state index in [0.717, 1.165) is 100 Å². The van der Waals surface area contributed by atoms with Gasteiger partial charge in [0, 0.05) is 21.7 Å². The molecule has 0 aliphatic carbocycles. The molecule has 2 aromatic heterocycles. The summed E-state index contributed by atoms with van der Waals surface area (Å²) in [5, 5.41) is 13.0. The van der Waals surface area contributed by atoms with Gasteiger partial charge in [0.2, 0.25) is 12.0 Å². The van der Waals surface area contributed by atoms with Crippen molar-refractivity contribution in [1.82, 2.24) is 9.88 Å². The first kappa shape index (κ1) is 36.1. The molecule has 0 bridgehead atoms. The van der Waals surface area contributed by atoms with Crippen LogP contribution in [-0.2, 0) is 0 Å². The molecule has 300 valence electrons. The molecule has 1 atom stereocenters. The molecule has 1 aliphatic heterocycles. The van der Waals surface area contributed by atoms with Crippen molar-refractivity contribution in [1.29, 1.82) is 0 Å². The first-order valence-electron chi connectivity index (χ1n) is 21.8. The average Bonchev–Trinajstić information content (AvgIpc) is 3.92. The molecular formula is C59H39N4O+. The van der Waals surface area contributed by atoms with Crippen molar-refractivity contribution in [3.8, 4) is 27.9 Å². The van der Waals surface area contributed by atoms with E-state index >= 15 is 0 Å². The standard InChI is InChI=1S/C59H38N4O/c1-3-16-37(17-4-1)39-23-13-25-44(32-39)57-60-58(45-26-14-24-40(33-45)38-18-5-2-6-19-38)62-59(61-57)49-35-43-22-9-10-27-46(43)54-55-51(30-15-31-53(55)64-56(49)54)63-50-29-12-11-28-47(50)48-34-41-20-7-8-21-42(41)36-52(48)63/h1-36,59H,(H,60,61,62)/p+1. The largest absolute Gasteiger partial charge is 0.455 e. The van der Waals surface area contributed by atoms with Crippen LogP contribution in [-0.4, -0.2) is 16.2 Å². The van der Waals surface area contributed by atoms with Gasteiger partial charge in [-0.25, -0.2) is 10.3 Å². The number of benzene rings is 10. The van der Waals surface area contributed by atoms with E-state index < -0.39 is 6.17 Å². The molecule has 1 aliphatic rings. The number of rotatable bonds is 6. The minimum absolute atomic E-state index is 0.497. The Morgan fingerprint density at radius 2 is 1.03 bits per heavy atom. The quantitative estimate of drug-likeness (QED) is 0.176. The summed E-state index contributed by atoms with van der Waals surface area (Å²) < 4.78 is 9.59. The molecule has 0 saturated heterocycles. The van der Waals surface area contributed by atoms with E-state index in [1.54, 1.807) is 0 Å². The summed E-state index contributed by atoms with van der Waals surface area (Å²) in [6.45, 7) is 0. The van der Waals surface area contributed by atoms with Crippen molar-refractivity contribution in [2.75, 3.05) is 0 Å². The Balaban J connectivity index is 1.06. The van der Waals surface area contributed by atoms with E-state index in [9.17, 15) is 0 Å². The zero-order chi connectivity index (χ0) is 42.1. The number of hydrogen-bond donors (Lipinski definition) is 2. The molecule has 5 heteroatoms. The Morgan fingerprint density at radius 1 is 0.438 bits per heavy atom. The van der Waals surface area contributed by atoms with Crippen molar-refractivity contribution in [2.45, 2.75) is 6.17 Å². The molecule has 0 amide bonds. The molecule has 0 spiro atoms. The smallest absolute Gasteiger partial charge is 0.283 e. The van der Waals surface area contributed by atoms with Gasteiger partial charge in [-0.3, -0.25) is 0 Å². The topological polar surface area (TPSA) is 56.4 Å². The molecule has 0 fully saturated rings. The lowest BCUT2D eigenvalue weighted by Gasteiger charge is -2.18. The molecular weight excluding hydrogens is 781 g/mol. The van der Waals surface area contributed by atoms with Crippen molar-refractivity contribution < 1.29 is 9.41 Å². The zero-order valence-corrected chi connectivity index (χ0v) is 34.7. The molecule has 5 nitrogen and oxygen atoms in total. The third-order valence-electron chi connectivity index (χ3n) is 12.9. The summed E-state index contributed by atoms with van der Waals surface area (Å²) >= 11 is 0. The van der Waals surface area contributed by atoms with Gasteiger partial charge in [-0.1, -0.05) is 158 Å². The van der Waals surface area contributed by atoms with Crippen LogP contribution in [0.3, 0.4) is 0 Å². The van der Waals surface area contributed by atoms with Gasteiger partial charge in [0.25, 0.3) is 5.84 Å². The number of amidine groups is 2. The maximum atomic E-state index is 7.16. The predicted octanol–water partition coefficient (Wildman–Crippen LogP) is 12.9. The Bertz CT molecular complexity index is 3780. The van der Waals surface area contributed by atoms with Gasteiger partial charge >= 0.3 is 0 Å². The first-order chi connectivity index (χ1) is 31.7. The highest BCUT2D eigenvalue weighted by Gasteiger charge is 2.31. The zero-order valence-electron chi connectivity index (χ0n) is 34.7. The molecule has 12 aromatic rings. The third kappa shape index (κ3) is 5.86. The normalized spacial score (nSPS) is 14.1. The van der Waals surface area contributed by atoms with E-state index in [2.05, 4.69) is 233 Å². The monoisotopic (exact) mass is 819 g/mol. The summed E-state index contributed by atoms with van der Waals surface area (Å²) in [5.41, 5.74) is 12.6. The number of aromatic nitrogens is 1. The van der Waals surface area contributed by atoms with E-state index in [1.165, 1.54) is 21.5 Å². The van der Waals surface area contributed by atoms with E-state index in [-0.39, 0.29) is 0 Å². The summed E-state index contributed by atoms with van der Waals surface area (Å²) in [6.07, 6.45) is -0.497. The van der Waals surface area contributed by atoms with Crippen LogP contribution in [0.5, 0.6) is 0 Å². The average molecular weight is 820 g/mol. The van der Waals surface area contributed by atoms with Crippen LogP contribution in [0, 0.1) is 0 Å². The Hall–Kier alpha value is -8.54. The lowest BCUT2D eigenvalue weighted by molar-refractivity contribution is -0.510. The van der Waals surface area contributed by atoms with Gasteiger partial charge in [0.1, 0.15) is 11.2 Å². The van der Waals surface area contributed by atoms with Crippen LogP contribution >= 0.6 is 0 Å². The van der Waals surface area contributed by atoms with Gasteiger partial charge in [0.05, 0.1) is 33.2 Å². The predicted molar refractivity (Wildman–Crippen MR) is 264 cm³/mol.